The van der Waals surface area contributed by atoms with Crippen molar-refractivity contribution in [1.29, 1.82) is 0 Å². The minimum absolute atomic E-state index is 0.0980. The van der Waals surface area contributed by atoms with E-state index in [9.17, 15) is 9.59 Å². The van der Waals surface area contributed by atoms with Gasteiger partial charge in [-0.15, -0.1) is 11.6 Å². The highest BCUT2D eigenvalue weighted by Crippen LogP contribution is 2.06. The number of rotatable bonds is 3. The molecule has 0 aliphatic carbocycles. The molecule has 0 aromatic carbocycles. The summed E-state index contributed by atoms with van der Waals surface area (Å²) in [5.41, 5.74) is 0. The second kappa shape index (κ2) is 6.74. The molecule has 0 aromatic rings. The van der Waals surface area contributed by atoms with E-state index in [0.29, 0.717) is 31.8 Å². The van der Waals surface area contributed by atoms with Crippen LogP contribution >= 0.6 is 11.6 Å². The predicted octanol–water partition coefficient (Wildman–Crippen LogP) is 1.09. The van der Waals surface area contributed by atoms with Crippen molar-refractivity contribution in [2.45, 2.75) is 26.2 Å². The number of nitrogens with zero attached hydrogens (tertiary/aromatic N) is 2. The van der Waals surface area contributed by atoms with E-state index in [1.165, 1.54) is 0 Å². The Morgan fingerprint density at radius 1 is 1.06 bits per heavy atom. The van der Waals surface area contributed by atoms with E-state index < -0.39 is 0 Å². The first-order valence-electron chi connectivity index (χ1n) is 5.80. The quantitative estimate of drug-likeness (QED) is 0.700. The lowest BCUT2D eigenvalue weighted by atomic mass is 10.3. The topological polar surface area (TPSA) is 40.6 Å². The molecule has 4 nitrogen and oxygen atoms in total. The normalized spacial score (nSPS) is 17.1. The van der Waals surface area contributed by atoms with Gasteiger partial charge in [0.1, 0.15) is 0 Å². The van der Waals surface area contributed by atoms with Gasteiger partial charge in [0, 0.05) is 44.9 Å². The lowest BCUT2D eigenvalue weighted by Gasteiger charge is -2.21. The number of amides is 2. The number of carbonyl (C=O) groups is 2. The van der Waals surface area contributed by atoms with E-state index in [4.69, 9.17) is 11.6 Å². The van der Waals surface area contributed by atoms with Gasteiger partial charge in [0.2, 0.25) is 11.8 Å². The van der Waals surface area contributed by atoms with Gasteiger partial charge in [0.25, 0.3) is 0 Å². The van der Waals surface area contributed by atoms with Gasteiger partial charge < -0.3 is 9.80 Å². The van der Waals surface area contributed by atoms with Gasteiger partial charge in [-0.25, -0.2) is 0 Å². The maximum atomic E-state index is 11.6. The van der Waals surface area contributed by atoms with E-state index in [0.717, 1.165) is 19.5 Å². The van der Waals surface area contributed by atoms with Crippen LogP contribution in [-0.4, -0.2) is 53.7 Å². The van der Waals surface area contributed by atoms with Crippen molar-refractivity contribution in [3.05, 3.63) is 0 Å². The third kappa shape index (κ3) is 3.67. The fraction of sp³-hybridized carbons (Fsp3) is 0.818. The zero-order valence-corrected chi connectivity index (χ0v) is 10.5. The molecule has 92 valence electrons. The molecule has 0 radical (unpaired) electrons. The molecule has 1 aliphatic heterocycles. The minimum Gasteiger partial charge on any atom is -0.341 e. The average molecular weight is 247 g/mol. The molecule has 0 spiro atoms. The van der Waals surface area contributed by atoms with Crippen LogP contribution < -0.4 is 0 Å². The Kier molecular flexibility index (Phi) is 5.60. The Balaban J connectivity index is 2.46. The summed E-state index contributed by atoms with van der Waals surface area (Å²) < 4.78 is 0. The molecule has 0 atom stereocenters. The molecular formula is C11H19ClN2O2. The molecule has 5 heteroatoms. The fourth-order valence-corrected chi connectivity index (χ4v) is 2.04. The predicted molar refractivity (Wildman–Crippen MR) is 63.4 cm³/mol. The molecule has 0 bridgehead atoms. The van der Waals surface area contributed by atoms with Crippen LogP contribution in [0, 0.1) is 0 Å². The molecule has 2 amide bonds. The Hall–Kier alpha value is -0.770. The van der Waals surface area contributed by atoms with Gasteiger partial charge in [-0.2, -0.15) is 0 Å². The van der Waals surface area contributed by atoms with Gasteiger partial charge in [-0.1, -0.05) is 6.92 Å². The summed E-state index contributed by atoms with van der Waals surface area (Å²) in [6, 6.07) is 0. The van der Waals surface area contributed by atoms with Gasteiger partial charge >= 0.3 is 0 Å². The summed E-state index contributed by atoms with van der Waals surface area (Å²) in [5, 5.41) is 0. The third-order valence-electron chi connectivity index (χ3n) is 2.81. The van der Waals surface area contributed by atoms with Crippen molar-refractivity contribution >= 4 is 23.4 Å². The van der Waals surface area contributed by atoms with E-state index >= 15 is 0 Å². The largest absolute Gasteiger partial charge is 0.341 e. The van der Waals surface area contributed by atoms with Crippen LogP contribution in [0.2, 0.25) is 0 Å². The Morgan fingerprint density at radius 3 is 2.12 bits per heavy atom. The second-order valence-electron chi connectivity index (χ2n) is 3.91. The van der Waals surface area contributed by atoms with Gasteiger partial charge in [0.05, 0.1) is 0 Å². The zero-order chi connectivity index (χ0) is 12.0. The molecular weight excluding hydrogens is 228 g/mol. The number of hydrogen-bond acceptors (Lipinski definition) is 2. The van der Waals surface area contributed by atoms with Crippen molar-refractivity contribution in [1.82, 2.24) is 9.80 Å². The van der Waals surface area contributed by atoms with Crippen LogP contribution in [0.5, 0.6) is 0 Å². The molecule has 0 saturated carbocycles. The van der Waals surface area contributed by atoms with E-state index in [2.05, 4.69) is 0 Å². The van der Waals surface area contributed by atoms with Crippen molar-refractivity contribution in [2.24, 2.45) is 0 Å². The Bertz CT molecular complexity index is 258. The summed E-state index contributed by atoms with van der Waals surface area (Å²) >= 11 is 5.55. The smallest absolute Gasteiger partial charge is 0.223 e. The lowest BCUT2D eigenvalue weighted by molar-refractivity contribution is -0.133. The number of carbonyl (C=O) groups excluding carboxylic acids is 2. The van der Waals surface area contributed by atoms with E-state index in [1.54, 1.807) is 0 Å². The van der Waals surface area contributed by atoms with Crippen molar-refractivity contribution in [3.63, 3.8) is 0 Å². The Labute approximate surface area is 102 Å². The van der Waals surface area contributed by atoms with Gasteiger partial charge in [-0.05, 0) is 6.42 Å². The molecule has 0 aromatic heterocycles. The van der Waals surface area contributed by atoms with Crippen LogP contribution in [-0.2, 0) is 9.59 Å². The van der Waals surface area contributed by atoms with Crippen molar-refractivity contribution < 1.29 is 9.59 Å². The fourth-order valence-electron chi connectivity index (χ4n) is 1.88. The Morgan fingerprint density at radius 2 is 1.62 bits per heavy atom. The number of alkyl halides is 1. The highest BCUT2D eigenvalue weighted by atomic mass is 35.5. The highest BCUT2D eigenvalue weighted by molar-refractivity contribution is 6.18. The van der Waals surface area contributed by atoms with Crippen LogP contribution in [0.1, 0.15) is 26.2 Å². The van der Waals surface area contributed by atoms with Gasteiger partial charge in [0.15, 0.2) is 0 Å². The first-order chi connectivity index (χ1) is 7.69. The molecule has 1 rings (SSSR count). The van der Waals surface area contributed by atoms with Crippen LogP contribution in [0.3, 0.4) is 0 Å². The molecule has 0 N–H and O–H groups in total. The summed E-state index contributed by atoms with van der Waals surface area (Å²) in [4.78, 5) is 26.8. The summed E-state index contributed by atoms with van der Waals surface area (Å²) in [6.45, 7) is 4.66. The first kappa shape index (κ1) is 13.3. The molecule has 0 unspecified atom stereocenters. The van der Waals surface area contributed by atoms with Crippen LogP contribution in [0.15, 0.2) is 0 Å². The SMILES string of the molecule is CCC(=O)N1CCCN(C(=O)CCCl)CC1. The average Bonchev–Trinajstić information content (AvgIpc) is 2.53. The van der Waals surface area contributed by atoms with Gasteiger partial charge in [-0.3, -0.25) is 9.59 Å². The van der Waals surface area contributed by atoms with E-state index in [1.807, 2.05) is 16.7 Å². The molecule has 1 saturated heterocycles. The standard InChI is InChI=1S/C11H19ClN2O2/c1-2-10(15)13-6-3-7-14(9-8-13)11(16)4-5-12/h2-9H2,1H3. The number of hydrogen-bond donors (Lipinski definition) is 0. The minimum atomic E-state index is 0.0980. The molecule has 1 heterocycles. The van der Waals surface area contributed by atoms with Crippen LogP contribution in [0.4, 0.5) is 0 Å². The zero-order valence-electron chi connectivity index (χ0n) is 9.75. The molecule has 1 aliphatic rings. The van der Waals surface area contributed by atoms with Crippen LogP contribution in [0.25, 0.3) is 0 Å². The molecule has 1 fully saturated rings. The lowest BCUT2D eigenvalue weighted by Crippen LogP contribution is -2.37. The molecule has 16 heavy (non-hydrogen) atoms. The first-order valence-corrected chi connectivity index (χ1v) is 6.34. The third-order valence-corrected chi connectivity index (χ3v) is 3.00. The summed E-state index contributed by atoms with van der Waals surface area (Å²) in [7, 11) is 0. The van der Waals surface area contributed by atoms with E-state index in [-0.39, 0.29) is 11.8 Å². The van der Waals surface area contributed by atoms with Crippen molar-refractivity contribution in [2.75, 3.05) is 32.1 Å². The second-order valence-corrected chi connectivity index (χ2v) is 4.29. The highest BCUT2D eigenvalue weighted by Gasteiger charge is 2.20. The maximum absolute atomic E-state index is 11.6. The number of halogens is 1. The van der Waals surface area contributed by atoms with Crippen molar-refractivity contribution in [3.8, 4) is 0 Å². The summed E-state index contributed by atoms with van der Waals surface area (Å²) in [6.07, 6.45) is 1.79. The summed E-state index contributed by atoms with van der Waals surface area (Å²) in [5.74, 6) is 0.639. The maximum Gasteiger partial charge on any atom is 0.223 e. The monoisotopic (exact) mass is 246 g/mol.